The van der Waals surface area contributed by atoms with Gasteiger partial charge < -0.3 is 9.84 Å². The molecule has 1 spiro atoms. The number of ether oxygens (including phenoxy) is 1. The van der Waals surface area contributed by atoms with Crippen LogP contribution in [0, 0.1) is 11.3 Å². The predicted molar refractivity (Wildman–Crippen MR) is 103 cm³/mol. The van der Waals surface area contributed by atoms with E-state index < -0.39 is 0 Å². The number of hydrogen-bond donors (Lipinski definition) is 1. The second-order valence-corrected chi connectivity index (χ2v) is 8.52. The van der Waals surface area contributed by atoms with Crippen LogP contribution in [0.4, 0.5) is 0 Å². The van der Waals surface area contributed by atoms with Gasteiger partial charge in [0.1, 0.15) is 5.75 Å². The summed E-state index contributed by atoms with van der Waals surface area (Å²) in [6.45, 7) is 2.53. The molecular weight excluding hydrogens is 308 g/mol. The highest BCUT2D eigenvalue weighted by atomic mass is 16.5. The van der Waals surface area contributed by atoms with Crippen molar-refractivity contribution in [3.8, 4) is 5.75 Å². The molecule has 2 nitrogen and oxygen atoms in total. The first-order chi connectivity index (χ1) is 12.2. The second-order valence-electron chi connectivity index (χ2n) is 8.52. The minimum absolute atomic E-state index is 0.0939. The molecule has 2 aromatic carbocycles. The number of rotatable bonds is 3. The van der Waals surface area contributed by atoms with Gasteiger partial charge in [0.25, 0.3) is 0 Å². The van der Waals surface area contributed by atoms with Gasteiger partial charge in [-0.2, -0.15) is 0 Å². The van der Waals surface area contributed by atoms with E-state index >= 15 is 0 Å². The van der Waals surface area contributed by atoms with Gasteiger partial charge in [-0.15, -0.1) is 0 Å². The zero-order valence-electron chi connectivity index (χ0n) is 15.3. The third-order valence-electron chi connectivity index (χ3n) is 6.54. The van der Waals surface area contributed by atoms with E-state index in [0.29, 0.717) is 11.5 Å². The molecule has 0 aromatic heterocycles. The normalized spacial score (nSPS) is 29.8. The lowest BCUT2D eigenvalue weighted by Crippen LogP contribution is -2.35. The fraction of sp³-hybridized carbons (Fsp3) is 0.565. The Bertz CT molecular complexity index is 728. The molecule has 1 N–H and O–H groups in total. The summed E-state index contributed by atoms with van der Waals surface area (Å²) in [5, 5.41) is 11.6. The van der Waals surface area contributed by atoms with Crippen molar-refractivity contribution < 1.29 is 9.84 Å². The topological polar surface area (TPSA) is 29.5 Å². The summed E-state index contributed by atoms with van der Waals surface area (Å²) in [6, 6.07) is 12.4. The van der Waals surface area contributed by atoms with Crippen molar-refractivity contribution in [1.29, 1.82) is 0 Å². The molecule has 25 heavy (non-hydrogen) atoms. The number of hydrogen-bond acceptors (Lipinski definition) is 2. The molecular formula is C23H30O2. The molecule has 0 aliphatic heterocycles. The first-order valence-corrected chi connectivity index (χ1v) is 9.96. The van der Waals surface area contributed by atoms with E-state index in [4.69, 9.17) is 4.74 Å². The highest BCUT2D eigenvalue weighted by Gasteiger charge is 2.38. The summed E-state index contributed by atoms with van der Waals surface area (Å²) >= 11 is 0. The van der Waals surface area contributed by atoms with Crippen LogP contribution in [0.1, 0.15) is 63.9 Å². The van der Waals surface area contributed by atoms with Gasteiger partial charge in [-0.3, -0.25) is 0 Å². The Kier molecular flexibility index (Phi) is 4.73. The van der Waals surface area contributed by atoms with Crippen molar-refractivity contribution in [3.63, 3.8) is 0 Å². The maximum absolute atomic E-state index is 9.26. The largest absolute Gasteiger partial charge is 0.490 e. The first-order valence-electron chi connectivity index (χ1n) is 9.96. The number of fused-ring (bicyclic) bond motifs is 1. The van der Waals surface area contributed by atoms with Crippen LogP contribution in [0.2, 0.25) is 0 Å². The molecule has 0 heterocycles. The van der Waals surface area contributed by atoms with Crippen LogP contribution < -0.4 is 4.74 Å². The molecule has 4 rings (SSSR count). The van der Waals surface area contributed by atoms with E-state index in [2.05, 4.69) is 31.2 Å². The van der Waals surface area contributed by atoms with Crippen molar-refractivity contribution in [2.45, 2.75) is 71.0 Å². The lowest BCUT2D eigenvalue weighted by Gasteiger charge is -2.45. The summed E-state index contributed by atoms with van der Waals surface area (Å²) in [4.78, 5) is 0. The standard InChI is InChI=1S/C23H30O2/c1-17-3-2-10-23(15-17)11-8-21(9-12-23)25-22-7-6-19-13-18(16-24)4-5-20(19)14-22/h4-7,13-14,17,21,24H,2-3,8-12,15-16H2,1H3/t17-,21?,23?/m0/s1. The Balaban J connectivity index is 1.40. The molecule has 0 amide bonds. The lowest BCUT2D eigenvalue weighted by atomic mass is 9.62. The van der Waals surface area contributed by atoms with Crippen LogP contribution in [0.5, 0.6) is 5.75 Å². The van der Waals surface area contributed by atoms with Crippen LogP contribution in [0.3, 0.4) is 0 Å². The van der Waals surface area contributed by atoms with E-state index in [1.165, 1.54) is 56.8 Å². The van der Waals surface area contributed by atoms with Gasteiger partial charge in [0, 0.05) is 0 Å². The average molecular weight is 338 g/mol. The van der Waals surface area contributed by atoms with Crippen molar-refractivity contribution in [3.05, 3.63) is 42.0 Å². The fourth-order valence-electron chi connectivity index (χ4n) is 5.18. The smallest absolute Gasteiger partial charge is 0.120 e. The summed E-state index contributed by atoms with van der Waals surface area (Å²) in [7, 11) is 0. The van der Waals surface area contributed by atoms with Crippen molar-refractivity contribution in [2.24, 2.45) is 11.3 Å². The van der Waals surface area contributed by atoms with Crippen molar-refractivity contribution >= 4 is 10.8 Å². The van der Waals surface area contributed by atoms with E-state index in [1.54, 1.807) is 0 Å². The van der Waals surface area contributed by atoms with Gasteiger partial charge in [-0.25, -0.2) is 0 Å². The van der Waals surface area contributed by atoms with E-state index in [1.807, 2.05) is 12.1 Å². The molecule has 2 aliphatic carbocycles. The monoisotopic (exact) mass is 338 g/mol. The highest BCUT2D eigenvalue weighted by Crippen LogP contribution is 2.49. The Morgan fingerprint density at radius 2 is 1.76 bits per heavy atom. The van der Waals surface area contributed by atoms with Gasteiger partial charge >= 0.3 is 0 Å². The molecule has 134 valence electrons. The molecule has 1 atom stereocenters. The molecule has 2 heteroatoms. The van der Waals surface area contributed by atoms with Crippen molar-refractivity contribution in [1.82, 2.24) is 0 Å². The van der Waals surface area contributed by atoms with Crippen LogP contribution in [-0.4, -0.2) is 11.2 Å². The molecule has 0 radical (unpaired) electrons. The Labute approximate surface area is 151 Å². The Morgan fingerprint density at radius 3 is 2.52 bits per heavy atom. The van der Waals surface area contributed by atoms with Gasteiger partial charge in [-0.05, 0) is 84.4 Å². The quantitative estimate of drug-likeness (QED) is 0.760. The van der Waals surface area contributed by atoms with Crippen LogP contribution >= 0.6 is 0 Å². The zero-order chi connectivity index (χ0) is 17.3. The molecule has 2 aromatic rings. The SMILES string of the molecule is C[C@H]1CCCC2(CCC(Oc3ccc4cc(CO)ccc4c3)CC2)C1. The second kappa shape index (κ2) is 6.99. The van der Waals surface area contributed by atoms with Gasteiger partial charge in [0.05, 0.1) is 12.7 Å². The van der Waals surface area contributed by atoms with Crippen molar-refractivity contribution in [2.75, 3.05) is 0 Å². The Hall–Kier alpha value is -1.54. The summed E-state index contributed by atoms with van der Waals surface area (Å²) < 4.78 is 6.33. The van der Waals surface area contributed by atoms with Gasteiger partial charge in [0.15, 0.2) is 0 Å². The predicted octanol–water partition coefficient (Wildman–Crippen LogP) is 5.85. The minimum atomic E-state index is 0.0939. The third-order valence-corrected chi connectivity index (χ3v) is 6.54. The van der Waals surface area contributed by atoms with Crippen LogP contribution in [0.15, 0.2) is 36.4 Å². The lowest BCUT2D eigenvalue weighted by molar-refractivity contribution is 0.0374. The first kappa shape index (κ1) is 16.9. The summed E-state index contributed by atoms with van der Waals surface area (Å²) in [5.74, 6) is 1.90. The van der Waals surface area contributed by atoms with Gasteiger partial charge in [-0.1, -0.05) is 38.0 Å². The van der Waals surface area contributed by atoms with Crippen LogP contribution in [0.25, 0.3) is 10.8 Å². The molecule has 2 aliphatic rings. The number of aliphatic hydroxyl groups excluding tert-OH is 1. The maximum Gasteiger partial charge on any atom is 0.120 e. The number of benzene rings is 2. The highest BCUT2D eigenvalue weighted by molar-refractivity contribution is 5.84. The molecule has 0 bridgehead atoms. The third kappa shape index (κ3) is 3.69. The molecule has 0 unspecified atom stereocenters. The summed E-state index contributed by atoms with van der Waals surface area (Å²) in [5.41, 5.74) is 1.59. The fourth-order valence-corrected chi connectivity index (χ4v) is 5.18. The minimum Gasteiger partial charge on any atom is -0.490 e. The number of aliphatic hydroxyl groups is 1. The summed E-state index contributed by atoms with van der Waals surface area (Å²) in [6.07, 6.45) is 11.2. The van der Waals surface area contributed by atoms with E-state index in [9.17, 15) is 5.11 Å². The zero-order valence-corrected chi connectivity index (χ0v) is 15.3. The molecule has 2 fully saturated rings. The van der Waals surface area contributed by atoms with Crippen LogP contribution in [-0.2, 0) is 6.61 Å². The molecule has 0 saturated heterocycles. The van der Waals surface area contributed by atoms with E-state index in [-0.39, 0.29) is 6.61 Å². The molecule has 2 saturated carbocycles. The average Bonchev–Trinajstić information content (AvgIpc) is 2.63. The van der Waals surface area contributed by atoms with E-state index in [0.717, 1.165) is 22.6 Å². The Morgan fingerprint density at radius 1 is 1.00 bits per heavy atom. The van der Waals surface area contributed by atoms with Gasteiger partial charge in [0.2, 0.25) is 0 Å². The maximum atomic E-state index is 9.26.